The second kappa shape index (κ2) is 12.9. The zero-order valence-electron chi connectivity index (χ0n) is 14.2. The Morgan fingerprint density at radius 3 is 2.26 bits per heavy atom. The van der Waals surface area contributed by atoms with Crippen LogP contribution in [0.1, 0.15) is 58.3 Å². The van der Waals surface area contributed by atoms with Crippen molar-refractivity contribution in [2.24, 2.45) is 0 Å². The van der Waals surface area contributed by atoms with Crippen molar-refractivity contribution in [1.82, 2.24) is 0 Å². The first-order valence-electron chi connectivity index (χ1n) is 8.79. The number of rotatable bonds is 13. The molecule has 0 amide bonds. The van der Waals surface area contributed by atoms with Gasteiger partial charge in [-0.15, -0.1) is 0 Å². The molecule has 0 saturated carbocycles. The molecule has 1 fully saturated rings. The monoisotopic (exact) mass is 318 g/mol. The Bertz CT molecular complexity index is 432. The van der Waals surface area contributed by atoms with Crippen LogP contribution < -0.4 is 0 Å². The summed E-state index contributed by atoms with van der Waals surface area (Å²) in [7, 11) is 0. The minimum Gasteiger partial charge on any atom is -0.478 e. The number of unbranched alkanes of at least 4 members (excludes halogenated alkanes) is 5. The average molecular weight is 318 g/mol. The Morgan fingerprint density at radius 2 is 1.57 bits per heavy atom. The van der Waals surface area contributed by atoms with E-state index in [9.17, 15) is 4.79 Å². The van der Waals surface area contributed by atoms with Gasteiger partial charge in [0.2, 0.25) is 0 Å². The van der Waals surface area contributed by atoms with E-state index >= 15 is 0 Å². The fourth-order valence-electron chi connectivity index (χ4n) is 2.50. The van der Waals surface area contributed by atoms with E-state index in [1.165, 1.54) is 51.0 Å². The Kier molecular flexibility index (Phi) is 10.9. The lowest BCUT2D eigenvalue weighted by Crippen LogP contribution is -1.92. The third-order valence-electron chi connectivity index (χ3n) is 3.88. The normalized spacial score (nSPS) is 21.3. The van der Waals surface area contributed by atoms with Gasteiger partial charge in [-0.1, -0.05) is 75.1 Å². The van der Waals surface area contributed by atoms with Crippen molar-refractivity contribution in [2.45, 2.75) is 70.5 Å². The van der Waals surface area contributed by atoms with Crippen LogP contribution in [0, 0.1) is 0 Å². The maximum absolute atomic E-state index is 10.2. The van der Waals surface area contributed by atoms with E-state index in [1.807, 2.05) is 24.3 Å². The van der Waals surface area contributed by atoms with Crippen LogP contribution in [-0.4, -0.2) is 23.3 Å². The molecule has 0 unspecified atom stereocenters. The first-order valence-corrected chi connectivity index (χ1v) is 8.79. The summed E-state index contributed by atoms with van der Waals surface area (Å²) in [5.74, 6) is -0.926. The minimum absolute atomic E-state index is 0.566. The molecule has 0 aromatic rings. The molecule has 0 radical (unpaired) electrons. The van der Waals surface area contributed by atoms with Crippen molar-refractivity contribution in [3.8, 4) is 0 Å². The highest BCUT2D eigenvalue weighted by Gasteiger charge is 2.35. The number of hydrogen-bond acceptors (Lipinski definition) is 2. The van der Waals surface area contributed by atoms with Crippen molar-refractivity contribution in [3.63, 3.8) is 0 Å². The smallest absolute Gasteiger partial charge is 0.328 e. The fraction of sp³-hybridized carbons (Fsp3) is 0.550. The highest BCUT2D eigenvalue weighted by Crippen LogP contribution is 2.29. The van der Waals surface area contributed by atoms with Crippen LogP contribution in [0.25, 0.3) is 0 Å². The summed E-state index contributed by atoms with van der Waals surface area (Å²) >= 11 is 0. The summed E-state index contributed by atoms with van der Waals surface area (Å²) in [6.07, 6.45) is 25.4. The summed E-state index contributed by atoms with van der Waals surface area (Å²) in [5, 5.41) is 8.40. The van der Waals surface area contributed by atoms with E-state index in [-0.39, 0.29) is 0 Å². The average Bonchev–Trinajstić information content (AvgIpc) is 3.29. The quantitative estimate of drug-likeness (QED) is 0.220. The minimum atomic E-state index is -0.926. The second-order valence-electron chi connectivity index (χ2n) is 5.86. The highest BCUT2D eigenvalue weighted by molar-refractivity contribution is 5.80. The van der Waals surface area contributed by atoms with Gasteiger partial charge < -0.3 is 9.84 Å². The molecule has 1 N–H and O–H groups in total. The predicted octanol–water partition coefficient (Wildman–Crippen LogP) is 5.20. The van der Waals surface area contributed by atoms with Gasteiger partial charge in [0.1, 0.15) is 0 Å². The lowest BCUT2D eigenvalue weighted by atomic mass is 10.1. The van der Waals surface area contributed by atoms with Crippen LogP contribution in [-0.2, 0) is 9.53 Å². The topological polar surface area (TPSA) is 49.8 Å². The van der Waals surface area contributed by atoms with Crippen molar-refractivity contribution >= 4 is 5.97 Å². The van der Waals surface area contributed by atoms with Crippen molar-refractivity contribution < 1.29 is 14.6 Å². The summed E-state index contributed by atoms with van der Waals surface area (Å²) < 4.78 is 5.54. The molecule has 0 bridgehead atoms. The van der Waals surface area contributed by atoms with E-state index in [2.05, 4.69) is 13.0 Å². The number of epoxide rings is 1. The predicted molar refractivity (Wildman–Crippen MR) is 95.5 cm³/mol. The van der Waals surface area contributed by atoms with Gasteiger partial charge in [0.05, 0.1) is 12.2 Å². The number of carboxylic acids is 1. The number of carbonyl (C=O) groups is 1. The molecule has 3 heteroatoms. The molecule has 23 heavy (non-hydrogen) atoms. The Hall–Kier alpha value is -1.61. The van der Waals surface area contributed by atoms with E-state index < -0.39 is 5.97 Å². The van der Waals surface area contributed by atoms with Crippen LogP contribution in [0.2, 0.25) is 0 Å². The van der Waals surface area contributed by atoms with Crippen LogP contribution in [0.5, 0.6) is 0 Å². The van der Waals surface area contributed by atoms with Gasteiger partial charge in [0.25, 0.3) is 0 Å². The second-order valence-corrected chi connectivity index (χ2v) is 5.86. The van der Waals surface area contributed by atoms with E-state index in [0.717, 1.165) is 12.5 Å². The third-order valence-corrected chi connectivity index (χ3v) is 3.88. The van der Waals surface area contributed by atoms with E-state index in [4.69, 9.17) is 9.84 Å². The third kappa shape index (κ3) is 11.6. The van der Waals surface area contributed by atoms with Crippen LogP contribution >= 0.6 is 0 Å². The number of ether oxygens (including phenoxy) is 1. The molecule has 1 aliphatic heterocycles. The Balaban J connectivity index is 1.85. The van der Waals surface area contributed by atoms with Gasteiger partial charge in [-0.05, 0) is 25.7 Å². The zero-order valence-corrected chi connectivity index (χ0v) is 14.2. The summed E-state index contributed by atoms with van der Waals surface area (Å²) in [6.45, 7) is 2.19. The summed E-state index contributed by atoms with van der Waals surface area (Å²) in [6, 6.07) is 0. The van der Waals surface area contributed by atoms with Crippen molar-refractivity contribution in [2.75, 3.05) is 0 Å². The maximum atomic E-state index is 10.2. The standard InChI is InChI=1S/C20H30O3/c1-2-18-19(23-18)16-14-12-10-8-6-4-3-5-7-9-11-13-15-17-20(21)22/h3,5,7,9,11,13,15,17-19H,2,4,6,8,10,12,14,16H2,1H3,(H,21,22)/t18-,19+/m1/s1. The van der Waals surface area contributed by atoms with Gasteiger partial charge in [0, 0.05) is 6.08 Å². The summed E-state index contributed by atoms with van der Waals surface area (Å²) in [5.41, 5.74) is 0. The molecule has 0 aliphatic carbocycles. The SMILES string of the molecule is CC[C@H]1O[C@H]1CCCCCCCC=CC=CC=CC=CC(=O)O. The lowest BCUT2D eigenvalue weighted by Gasteiger charge is -1.98. The van der Waals surface area contributed by atoms with Crippen LogP contribution in [0.4, 0.5) is 0 Å². The molecular formula is C20H30O3. The molecule has 1 saturated heterocycles. The first-order chi connectivity index (χ1) is 11.2. The van der Waals surface area contributed by atoms with Crippen molar-refractivity contribution in [3.05, 3.63) is 48.6 Å². The zero-order chi connectivity index (χ0) is 16.8. The Morgan fingerprint density at radius 1 is 0.913 bits per heavy atom. The van der Waals surface area contributed by atoms with Crippen LogP contribution in [0.3, 0.4) is 0 Å². The van der Waals surface area contributed by atoms with E-state index in [0.29, 0.717) is 12.2 Å². The van der Waals surface area contributed by atoms with Crippen molar-refractivity contribution in [1.29, 1.82) is 0 Å². The molecule has 1 heterocycles. The van der Waals surface area contributed by atoms with Gasteiger partial charge in [0.15, 0.2) is 0 Å². The highest BCUT2D eigenvalue weighted by atomic mass is 16.6. The van der Waals surface area contributed by atoms with Crippen LogP contribution in [0.15, 0.2) is 48.6 Å². The largest absolute Gasteiger partial charge is 0.478 e. The number of carboxylic acid groups (broad SMARTS) is 1. The molecule has 1 rings (SSSR count). The lowest BCUT2D eigenvalue weighted by molar-refractivity contribution is -0.131. The molecule has 3 nitrogen and oxygen atoms in total. The Labute approximate surface area is 140 Å². The van der Waals surface area contributed by atoms with Gasteiger partial charge >= 0.3 is 5.97 Å². The molecule has 1 aliphatic rings. The fourth-order valence-corrected chi connectivity index (χ4v) is 2.50. The van der Waals surface area contributed by atoms with E-state index in [1.54, 1.807) is 6.08 Å². The van der Waals surface area contributed by atoms with Gasteiger partial charge in [-0.3, -0.25) is 0 Å². The maximum Gasteiger partial charge on any atom is 0.328 e. The number of allylic oxidation sites excluding steroid dienone is 7. The summed E-state index contributed by atoms with van der Waals surface area (Å²) in [4.78, 5) is 10.2. The molecule has 0 aromatic heterocycles. The molecule has 128 valence electrons. The molecule has 2 atom stereocenters. The number of aliphatic carboxylic acids is 1. The molecular weight excluding hydrogens is 288 g/mol. The first kappa shape index (κ1) is 19.4. The van der Waals surface area contributed by atoms with Gasteiger partial charge in [-0.2, -0.15) is 0 Å². The van der Waals surface area contributed by atoms with Gasteiger partial charge in [-0.25, -0.2) is 4.79 Å². The number of hydrogen-bond donors (Lipinski definition) is 1. The molecule has 0 spiro atoms. The molecule has 0 aromatic carbocycles.